The number of carbonyl (C=O) groups is 1. The number of unbranched alkanes of at least 4 members (excludes halogenated alkanes) is 2. The van der Waals surface area contributed by atoms with Crippen molar-refractivity contribution in [2.45, 2.75) is 80.7 Å². The predicted molar refractivity (Wildman–Crippen MR) is 261 cm³/mol. The number of thioether (sulfide) groups is 1. The fourth-order valence-electron chi connectivity index (χ4n) is 10.1. The van der Waals surface area contributed by atoms with Gasteiger partial charge in [0.2, 0.25) is 12.6 Å². The Morgan fingerprint density at radius 3 is 2.41 bits per heavy atom. The number of alkyl halides is 1. The van der Waals surface area contributed by atoms with Gasteiger partial charge < -0.3 is 43.5 Å². The summed E-state index contributed by atoms with van der Waals surface area (Å²) in [5, 5.41) is 36.4. The van der Waals surface area contributed by atoms with E-state index in [0.717, 1.165) is 47.3 Å². The standard InChI is InChI=1S/C52H58ClN3O12S/c1-3-25-65-52-48(55(51(59)62-26-22-53)31-35-12-20-46-47(27-35)64-33-63-46)30-44(54-66-32-34-10-13-37(14-11-34)56(60)61)42-28-36(8-4-6-23-57)41(9-5-7-24-58)49(50(42)52)43-29-39(17-21-45(43)68-52)67-38-15-18-40(69-2)19-16-38/h3,10-21,27-29,36,41,48-50,57-58H,1,4-9,22-26,30-33H2,2H3. The highest BCUT2D eigenvalue weighted by Crippen LogP contribution is 2.62. The van der Waals surface area contributed by atoms with Crippen molar-refractivity contribution in [2.75, 3.05) is 45.4 Å². The molecule has 6 atom stereocenters. The summed E-state index contributed by atoms with van der Waals surface area (Å²) in [6.07, 6.45) is 9.60. The number of nitro benzene ring substituents is 1. The van der Waals surface area contributed by atoms with Crippen LogP contribution in [0.3, 0.4) is 0 Å². The van der Waals surface area contributed by atoms with Crippen molar-refractivity contribution in [3.8, 4) is 28.7 Å². The molecule has 0 aromatic heterocycles. The summed E-state index contributed by atoms with van der Waals surface area (Å²) < 4.78 is 38.3. The minimum atomic E-state index is -1.58. The SMILES string of the molecule is C=CCOC12Oc3ccc(Oc4ccc(SC)cc4)cc3C3C(CCCCO)C(CCCCO)C=C(C(=NOCc4ccc([N+](=O)[O-])cc4)CC1N(Cc1ccc4c(c1)OCO4)C(=O)OCCCl)C32. The molecule has 15 nitrogen and oxygen atoms in total. The van der Waals surface area contributed by atoms with Crippen LogP contribution in [0.1, 0.15) is 67.6 Å². The third-order valence-electron chi connectivity index (χ3n) is 13.2. The lowest BCUT2D eigenvalue weighted by Crippen LogP contribution is -2.70. The number of fused-ring (bicyclic) bond motifs is 3. The number of amides is 1. The fourth-order valence-corrected chi connectivity index (χ4v) is 10.6. The number of benzene rings is 4. The quantitative estimate of drug-likeness (QED) is 0.0179. The highest BCUT2D eigenvalue weighted by atomic mass is 35.5. The maximum atomic E-state index is 14.8. The molecule has 1 amide bonds. The smallest absolute Gasteiger partial charge is 0.410 e. The summed E-state index contributed by atoms with van der Waals surface area (Å²) >= 11 is 7.79. The molecule has 4 aromatic carbocycles. The molecule has 2 N–H and O–H groups in total. The summed E-state index contributed by atoms with van der Waals surface area (Å²) in [5.74, 6) is 0.459. The van der Waals surface area contributed by atoms with Crippen LogP contribution < -0.4 is 18.9 Å². The second-order valence-corrected chi connectivity index (χ2v) is 18.6. The van der Waals surface area contributed by atoms with Crippen molar-refractivity contribution in [3.05, 3.63) is 136 Å². The van der Waals surface area contributed by atoms with Gasteiger partial charge in [-0.15, -0.1) is 29.9 Å². The Balaban J connectivity index is 1.32. The Morgan fingerprint density at radius 1 is 0.957 bits per heavy atom. The number of rotatable bonds is 23. The highest BCUT2D eigenvalue weighted by Gasteiger charge is 2.65. The Labute approximate surface area is 411 Å². The van der Waals surface area contributed by atoms with Gasteiger partial charge in [0.05, 0.1) is 29.0 Å². The van der Waals surface area contributed by atoms with E-state index in [4.69, 9.17) is 50.0 Å². The van der Waals surface area contributed by atoms with Gasteiger partial charge in [-0.3, -0.25) is 15.0 Å². The topological polar surface area (TPSA) is 181 Å². The Bertz CT molecular complexity index is 2490. The van der Waals surface area contributed by atoms with Crippen LogP contribution in [0.4, 0.5) is 10.5 Å². The lowest BCUT2D eigenvalue weighted by Gasteiger charge is -2.59. The number of nitro groups is 1. The molecule has 69 heavy (non-hydrogen) atoms. The number of allylic oxidation sites excluding steroid dienone is 1. The first-order chi connectivity index (χ1) is 33.7. The van der Waals surface area contributed by atoms with Crippen LogP contribution in [0.25, 0.3) is 0 Å². The van der Waals surface area contributed by atoms with Crippen molar-refractivity contribution in [2.24, 2.45) is 22.9 Å². The van der Waals surface area contributed by atoms with Crippen molar-refractivity contribution in [1.82, 2.24) is 4.90 Å². The van der Waals surface area contributed by atoms with Gasteiger partial charge in [-0.2, -0.15) is 0 Å². The first-order valence-corrected chi connectivity index (χ1v) is 25.1. The molecule has 0 bridgehead atoms. The number of oxime groups is 1. The van der Waals surface area contributed by atoms with Crippen LogP contribution >= 0.6 is 23.4 Å². The highest BCUT2D eigenvalue weighted by molar-refractivity contribution is 7.98. The second-order valence-electron chi connectivity index (χ2n) is 17.4. The zero-order chi connectivity index (χ0) is 48.3. The van der Waals surface area contributed by atoms with E-state index in [1.807, 2.05) is 60.9 Å². The van der Waals surface area contributed by atoms with Gasteiger partial charge in [0.1, 0.15) is 36.5 Å². The number of carbonyl (C=O) groups excluding carboxylic acids is 1. The summed E-state index contributed by atoms with van der Waals surface area (Å²) in [6.45, 7) is 4.26. The molecular weight excluding hydrogens is 926 g/mol. The Morgan fingerprint density at radius 2 is 1.68 bits per heavy atom. The van der Waals surface area contributed by atoms with Crippen molar-refractivity contribution >= 4 is 40.9 Å². The third kappa shape index (κ3) is 11.2. The number of nitrogens with zero attached hydrogens (tertiary/aromatic N) is 3. The number of halogens is 1. The van der Waals surface area contributed by atoms with Gasteiger partial charge in [0.25, 0.3) is 5.69 Å². The maximum absolute atomic E-state index is 14.8. The van der Waals surface area contributed by atoms with Crippen LogP contribution in [0.2, 0.25) is 0 Å². The van der Waals surface area contributed by atoms with E-state index in [0.29, 0.717) is 52.9 Å². The Kier molecular flexibility index (Phi) is 16.7. The van der Waals surface area contributed by atoms with Crippen molar-refractivity contribution in [3.63, 3.8) is 0 Å². The van der Waals surface area contributed by atoms with Gasteiger partial charge in [0, 0.05) is 54.7 Å². The van der Waals surface area contributed by atoms with E-state index >= 15 is 0 Å². The molecule has 0 spiro atoms. The predicted octanol–water partition coefficient (Wildman–Crippen LogP) is 10.5. The average Bonchev–Trinajstić information content (AvgIpc) is 3.84. The minimum absolute atomic E-state index is 0.00594. The summed E-state index contributed by atoms with van der Waals surface area (Å²) in [6, 6.07) is 24.4. The maximum Gasteiger partial charge on any atom is 0.410 e. The normalized spacial score (nSPS) is 22.4. The van der Waals surface area contributed by atoms with E-state index in [2.05, 4.69) is 12.7 Å². The summed E-state index contributed by atoms with van der Waals surface area (Å²) in [4.78, 5) is 34.7. The molecule has 366 valence electrons. The number of non-ortho nitro benzene ring substituents is 1. The molecule has 0 radical (unpaired) electrons. The molecule has 0 saturated heterocycles. The molecule has 4 aliphatic rings. The molecule has 1 saturated carbocycles. The molecule has 8 rings (SSSR count). The van der Waals surface area contributed by atoms with E-state index in [1.165, 1.54) is 12.1 Å². The van der Waals surface area contributed by atoms with E-state index in [-0.39, 0.29) is 82.1 Å². The Hall–Kier alpha value is -5.78. The van der Waals surface area contributed by atoms with Crippen molar-refractivity contribution < 1.29 is 53.2 Å². The molecule has 6 unspecified atom stereocenters. The lowest BCUT2D eigenvalue weighted by atomic mass is 9.55. The number of aliphatic hydroxyl groups excluding tert-OH is 2. The van der Waals surface area contributed by atoms with Crippen LogP contribution in [0.15, 0.2) is 119 Å². The van der Waals surface area contributed by atoms with Gasteiger partial charge in [0.15, 0.2) is 11.5 Å². The molecule has 2 aliphatic heterocycles. The molecule has 17 heteroatoms. The third-order valence-corrected chi connectivity index (χ3v) is 14.1. The van der Waals surface area contributed by atoms with Crippen LogP contribution in [-0.4, -0.2) is 89.0 Å². The van der Waals surface area contributed by atoms with E-state index in [9.17, 15) is 25.1 Å². The van der Waals surface area contributed by atoms with Gasteiger partial charge in [-0.1, -0.05) is 36.2 Å². The monoisotopic (exact) mass is 983 g/mol. The van der Waals surface area contributed by atoms with Crippen LogP contribution in [0, 0.1) is 27.9 Å². The summed E-state index contributed by atoms with van der Waals surface area (Å²) in [7, 11) is 0. The van der Waals surface area contributed by atoms with Crippen LogP contribution in [-0.2, 0) is 27.5 Å². The molecular formula is C52H58ClN3O12S. The first-order valence-electron chi connectivity index (χ1n) is 23.3. The van der Waals surface area contributed by atoms with Crippen LogP contribution in [0.5, 0.6) is 28.7 Å². The van der Waals surface area contributed by atoms with Crippen molar-refractivity contribution in [1.29, 1.82) is 0 Å². The van der Waals surface area contributed by atoms with Gasteiger partial charge >= 0.3 is 6.09 Å². The molecule has 4 aromatic rings. The zero-order valence-electron chi connectivity index (χ0n) is 38.5. The average molecular weight is 985 g/mol. The first kappa shape index (κ1) is 49.6. The molecule has 2 aliphatic carbocycles. The van der Waals surface area contributed by atoms with Gasteiger partial charge in [-0.25, -0.2) is 4.79 Å². The number of hydrogen-bond acceptors (Lipinski definition) is 14. The molecule has 1 fully saturated rings. The van der Waals surface area contributed by atoms with E-state index in [1.54, 1.807) is 40.9 Å². The number of hydrogen-bond donors (Lipinski definition) is 2. The number of ether oxygens (including phenoxy) is 6. The molecule has 2 heterocycles. The fraction of sp³-hybridized carbons (Fsp3) is 0.423. The van der Waals surface area contributed by atoms with Gasteiger partial charge in [-0.05, 0) is 127 Å². The zero-order valence-corrected chi connectivity index (χ0v) is 40.1. The largest absolute Gasteiger partial charge is 0.459 e. The minimum Gasteiger partial charge on any atom is -0.459 e. The van der Waals surface area contributed by atoms with E-state index < -0.39 is 28.8 Å². The lowest BCUT2D eigenvalue weighted by molar-refractivity contribution is -0.384. The summed E-state index contributed by atoms with van der Waals surface area (Å²) in [5.41, 5.74) is 3.63. The number of aliphatic hydroxyl groups is 2. The second kappa shape index (κ2) is 23.2.